The largest absolute Gasteiger partial charge is 0.458 e. The fraction of sp³-hybridized carbons (Fsp3) is 0.462. The Balaban J connectivity index is 2.32. The van der Waals surface area contributed by atoms with Gasteiger partial charge in [0.1, 0.15) is 23.2 Å². The third-order valence-electron chi connectivity index (χ3n) is 3.39. The maximum atomic E-state index is 12.3. The molecule has 0 bridgehead atoms. The summed E-state index contributed by atoms with van der Waals surface area (Å²) in [4.78, 5) is 17.8. The van der Waals surface area contributed by atoms with Crippen LogP contribution in [0, 0.1) is 0 Å². The summed E-state index contributed by atoms with van der Waals surface area (Å²) in [7, 11) is 0. The Kier molecular flexibility index (Phi) is 5.84. The smallest absolute Gasteiger partial charge is 0.338 e. The molecule has 0 aromatic heterocycles. The van der Waals surface area contributed by atoms with E-state index in [9.17, 15) is 4.79 Å². The molecule has 1 aromatic rings. The van der Waals surface area contributed by atoms with Gasteiger partial charge in [0.2, 0.25) is 0 Å². The van der Waals surface area contributed by atoms with Crippen molar-refractivity contribution in [2.75, 3.05) is 0 Å². The lowest BCUT2D eigenvalue weighted by Gasteiger charge is -2.40. The molecule has 5 atom stereocenters. The highest BCUT2D eigenvalue weighted by Gasteiger charge is 2.45. The van der Waals surface area contributed by atoms with Gasteiger partial charge < -0.3 is 9.47 Å². The van der Waals surface area contributed by atoms with Gasteiger partial charge in [-0.05, 0) is 30.1 Å². The van der Waals surface area contributed by atoms with Crippen LogP contribution in [0.15, 0.2) is 40.6 Å². The molecule has 1 aliphatic heterocycles. The summed E-state index contributed by atoms with van der Waals surface area (Å²) in [5.41, 5.74) is 17.8. The Bertz CT molecular complexity index is 629. The number of esters is 1. The van der Waals surface area contributed by atoms with Crippen molar-refractivity contribution in [1.82, 2.24) is 0 Å². The van der Waals surface area contributed by atoms with Crippen molar-refractivity contribution < 1.29 is 14.3 Å². The predicted octanol–water partition coefficient (Wildman–Crippen LogP) is 3.71. The second-order valence-corrected chi connectivity index (χ2v) is 5.72. The van der Waals surface area contributed by atoms with E-state index in [4.69, 9.17) is 20.5 Å². The second-order valence-electron chi connectivity index (χ2n) is 4.82. The Morgan fingerprint density at radius 2 is 1.83 bits per heavy atom. The molecule has 1 aliphatic rings. The first-order valence-electron chi connectivity index (χ1n) is 6.72. The van der Waals surface area contributed by atoms with Crippen LogP contribution in [0.5, 0.6) is 0 Å². The summed E-state index contributed by atoms with van der Waals surface area (Å²) in [6.07, 6.45) is -1.46. The number of carbonyl (C=O) groups is 1. The molecular formula is C13H13BrN6O3. The summed E-state index contributed by atoms with van der Waals surface area (Å²) >= 11 is 3.25. The monoisotopic (exact) mass is 380 g/mol. The topological polar surface area (TPSA) is 133 Å². The average Bonchev–Trinajstić information content (AvgIpc) is 2.55. The number of ether oxygens (including phenoxy) is 2. The summed E-state index contributed by atoms with van der Waals surface area (Å²) in [5, 5.41) is 6.58. The maximum Gasteiger partial charge on any atom is 0.338 e. The van der Waals surface area contributed by atoms with Crippen molar-refractivity contribution >= 4 is 21.9 Å². The molecule has 10 heteroatoms. The van der Waals surface area contributed by atoms with E-state index in [0.29, 0.717) is 5.56 Å². The number of hydrogen-bond donors (Lipinski definition) is 0. The van der Waals surface area contributed by atoms with Crippen molar-refractivity contribution in [2.45, 2.75) is 36.2 Å². The third-order valence-corrected chi connectivity index (χ3v) is 4.15. The van der Waals surface area contributed by atoms with Crippen LogP contribution in [0.1, 0.15) is 17.3 Å². The van der Waals surface area contributed by atoms with Crippen LogP contribution in [-0.4, -0.2) is 35.3 Å². The molecule has 1 saturated heterocycles. The van der Waals surface area contributed by atoms with Crippen molar-refractivity contribution in [3.63, 3.8) is 0 Å². The van der Waals surface area contributed by atoms with Gasteiger partial charge in [0.05, 0.1) is 11.7 Å². The van der Waals surface area contributed by atoms with Gasteiger partial charge in [-0.2, -0.15) is 0 Å². The van der Waals surface area contributed by atoms with Crippen molar-refractivity contribution in [3.05, 3.63) is 56.8 Å². The molecule has 2 rings (SSSR count). The van der Waals surface area contributed by atoms with Crippen LogP contribution in [0.25, 0.3) is 20.9 Å². The Morgan fingerprint density at radius 1 is 1.22 bits per heavy atom. The number of alkyl halides is 1. The number of rotatable bonds is 4. The fourth-order valence-electron chi connectivity index (χ4n) is 2.29. The maximum absolute atomic E-state index is 12.3. The van der Waals surface area contributed by atoms with E-state index in [2.05, 4.69) is 36.0 Å². The molecule has 0 amide bonds. The summed E-state index contributed by atoms with van der Waals surface area (Å²) in [6, 6.07) is 6.70. The van der Waals surface area contributed by atoms with Crippen LogP contribution < -0.4 is 0 Å². The SMILES string of the molecule is C[C@H]1O[C@H](Br)[C@H](N=[N+]=[N-])[C@@H](OC(=O)c2ccccc2)[C@H]1N=[N+]=[N-]. The van der Waals surface area contributed by atoms with Crippen molar-refractivity contribution in [3.8, 4) is 0 Å². The van der Waals surface area contributed by atoms with E-state index in [-0.39, 0.29) is 0 Å². The van der Waals surface area contributed by atoms with Crippen LogP contribution in [0.2, 0.25) is 0 Å². The molecule has 1 heterocycles. The van der Waals surface area contributed by atoms with Gasteiger partial charge in [-0.3, -0.25) is 0 Å². The summed E-state index contributed by atoms with van der Waals surface area (Å²) in [6.45, 7) is 1.68. The van der Waals surface area contributed by atoms with Gasteiger partial charge in [0, 0.05) is 9.82 Å². The van der Waals surface area contributed by atoms with Gasteiger partial charge in [-0.25, -0.2) is 4.79 Å². The van der Waals surface area contributed by atoms with E-state index in [1.54, 1.807) is 37.3 Å². The Morgan fingerprint density at radius 3 is 2.43 bits per heavy atom. The minimum Gasteiger partial charge on any atom is -0.458 e. The summed E-state index contributed by atoms with van der Waals surface area (Å²) < 4.78 is 11.0. The van der Waals surface area contributed by atoms with Crippen LogP contribution in [0.3, 0.4) is 0 Å². The van der Waals surface area contributed by atoms with E-state index < -0.39 is 35.3 Å². The summed E-state index contributed by atoms with van der Waals surface area (Å²) in [5.74, 6) is -0.597. The highest BCUT2D eigenvalue weighted by Crippen LogP contribution is 2.31. The van der Waals surface area contributed by atoms with Gasteiger partial charge in [-0.15, -0.1) is 0 Å². The van der Waals surface area contributed by atoms with Crippen LogP contribution >= 0.6 is 15.9 Å². The first-order valence-corrected chi connectivity index (χ1v) is 7.64. The van der Waals surface area contributed by atoms with Gasteiger partial charge in [0.25, 0.3) is 0 Å². The normalized spacial score (nSPS) is 29.7. The third kappa shape index (κ3) is 3.94. The molecule has 120 valence electrons. The molecule has 1 aromatic carbocycles. The Hall–Kier alpha value is -2.25. The van der Waals surface area contributed by atoms with Crippen LogP contribution in [-0.2, 0) is 9.47 Å². The van der Waals surface area contributed by atoms with E-state index in [1.807, 2.05) is 0 Å². The molecule has 0 saturated carbocycles. The number of hydrogen-bond acceptors (Lipinski definition) is 5. The second kappa shape index (κ2) is 7.85. The van der Waals surface area contributed by atoms with E-state index >= 15 is 0 Å². The lowest BCUT2D eigenvalue weighted by molar-refractivity contribution is -0.0840. The van der Waals surface area contributed by atoms with Crippen molar-refractivity contribution in [2.24, 2.45) is 10.2 Å². The molecule has 23 heavy (non-hydrogen) atoms. The van der Waals surface area contributed by atoms with E-state index in [0.717, 1.165) is 0 Å². The number of carbonyl (C=O) groups excluding carboxylic acids is 1. The quantitative estimate of drug-likeness (QED) is 0.259. The van der Waals surface area contributed by atoms with E-state index in [1.165, 1.54) is 0 Å². The lowest BCUT2D eigenvalue weighted by Crippen LogP contribution is -2.54. The highest BCUT2D eigenvalue weighted by molar-refractivity contribution is 9.09. The van der Waals surface area contributed by atoms with Gasteiger partial charge in [-0.1, -0.05) is 44.4 Å². The Labute approximate surface area is 140 Å². The average molecular weight is 381 g/mol. The van der Waals surface area contributed by atoms with Crippen molar-refractivity contribution in [1.29, 1.82) is 0 Å². The zero-order valence-electron chi connectivity index (χ0n) is 12.1. The number of nitrogens with zero attached hydrogens (tertiary/aromatic N) is 6. The zero-order valence-corrected chi connectivity index (χ0v) is 13.6. The molecule has 0 aliphatic carbocycles. The lowest BCUT2D eigenvalue weighted by atomic mass is 9.97. The molecule has 0 N–H and O–H groups in total. The number of benzene rings is 1. The van der Waals surface area contributed by atoms with Gasteiger partial charge >= 0.3 is 5.97 Å². The standard InChI is InChI=1S/C13H13BrN6O3/c1-7-9(17-19-15)11(10(18-20-16)12(14)22-7)23-13(21)8-5-3-2-4-6-8/h2-7,9-12H,1H3/t7-,9+,10-,11+,12+/m1/s1. The number of azide groups is 2. The molecule has 0 spiro atoms. The predicted molar refractivity (Wildman–Crippen MR) is 84.8 cm³/mol. The first-order chi connectivity index (χ1) is 11.1. The molecule has 0 unspecified atom stereocenters. The van der Waals surface area contributed by atoms with Crippen LogP contribution in [0.4, 0.5) is 0 Å². The molecule has 0 radical (unpaired) electrons. The first kappa shape index (κ1) is 17.1. The molecular weight excluding hydrogens is 368 g/mol. The highest BCUT2D eigenvalue weighted by atomic mass is 79.9. The minimum atomic E-state index is -0.942. The van der Waals surface area contributed by atoms with Gasteiger partial charge in [0.15, 0.2) is 0 Å². The minimum absolute atomic E-state index is 0.345. The molecule has 1 fully saturated rings. The fourth-order valence-corrected chi connectivity index (χ4v) is 3.03. The molecule has 9 nitrogen and oxygen atoms in total. The zero-order chi connectivity index (χ0) is 16.8. The number of halogens is 1.